The highest BCUT2D eigenvalue weighted by Crippen LogP contribution is 2.11. The average molecular weight is 317 g/mol. The summed E-state index contributed by atoms with van der Waals surface area (Å²) in [5.41, 5.74) is 0. The number of rotatable bonds is 12. The minimum absolute atomic E-state index is 0.142. The molecular weight excluding hydrogens is 286 g/mol. The summed E-state index contributed by atoms with van der Waals surface area (Å²) in [5.74, 6) is 1.49. The average Bonchev–Trinajstić information content (AvgIpc) is 2.36. The van der Waals surface area contributed by atoms with Gasteiger partial charge in [0.05, 0.1) is 0 Å². The molecule has 0 spiro atoms. The molecule has 0 aliphatic carbocycles. The molecule has 0 aromatic carbocycles. The Kier molecular flexibility index (Phi) is 11.5. The predicted molar refractivity (Wildman–Crippen MR) is 89.7 cm³/mol. The SMILES string of the molecule is CC(C)CCCCCC(=O)N[C@@H](CSCC(C)C)C(=O)O. The lowest BCUT2D eigenvalue weighted by Gasteiger charge is -2.15. The Morgan fingerprint density at radius 3 is 2.19 bits per heavy atom. The topological polar surface area (TPSA) is 66.4 Å². The van der Waals surface area contributed by atoms with Crippen LogP contribution in [0.1, 0.15) is 59.8 Å². The van der Waals surface area contributed by atoms with Gasteiger partial charge in [-0.1, -0.05) is 47.0 Å². The fourth-order valence-corrected chi connectivity index (χ4v) is 2.95. The molecule has 0 bridgehead atoms. The highest BCUT2D eigenvalue weighted by Gasteiger charge is 2.19. The van der Waals surface area contributed by atoms with Gasteiger partial charge < -0.3 is 10.4 Å². The zero-order valence-corrected chi connectivity index (χ0v) is 14.7. The monoisotopic (exact) mass is 317 g/mol. The molecule has 0 aromatic rings. The van der Waals surface area contributed by atoms with Crippen LogP contribution >= 0.6 is 11.8 Å². The maximum atomic E-state index is 11.8. The molecule has 1 atom stereocenters. The van der Waals surface area contributed by atoms with Crippen LogP contribution < -0.4 is 5.32 Å². The molecule has 0 aliphatic rings. The van der Waals surface area contributed by atoms with Crippen LogP contribution in [0.2, 0.25) is 0 Å². The van der Waals surface area contributed by atoms with Crippen LogP contribution in [0.15, 0.2) is 0 Å². The highest BCUT2D eigenvalue weighted by atomic mass is 32.2. The molecule has 0 rings (SSSR count). The first-order valence-electron chi connectivity index (χ1n) is 7.92. The Bertz CT molecular complexity index is 306. The summed E-state index contributed by atoms with van der Waals surface area (Å²) in [7, 11) is 0. The van der Waals surface area contributed by atoms with Gasteiger partial charge in [-0.2, -0.15) is 11.8 Å². The van der Waals surface area contributed by atoms with Gasteiger partial charge in [0.1, 0.15) is 6.04 Å². The number of hydrogen-bond acceptors (Lipinski definition) is 3. The molecule has 5 heteroatoms. The van der Waals surface area contributed by atoms with Crippen molar-refractivity contribution in [1.82, 2.24) is 5.32 Å². The van der Waals surface area contributed by atoms with Gasteiger partial charge in [-0.3, -0.25) is 4.79 Å². The molecule has 0 saturated heterocycles. The number of carbonyl (C=O) groups is 2. The van der Waals surface area contributed by atoms with Gasteiger partial charge in [0.2, 0.25) is 5.91 Å². The third-order valence-corrected chi connectivity index (χ3v) is 4.53. The second-order valence-electron chi connectivity index (χ2n) is 6.38. The summed E-state index contributed by atoms with van der Waals surface area (Å²) in [5, 5.41) is 11.8. The van der Waals surface area contributed by atoms with Crippen molar-refractivity contribution in [3.63, 3.8) is 0 Å². The Hall–Kier alpha value is -0.710. The third kappa shape index (κ3) is 12.7. The molecule has 124 valence electrons. The van der Waals surface area contributed by atoms with Crippen molar-refractivity contribution in [3.8, 4) is 0 Å². The summed E-state index contributed by atoms with van der Waals surface area (Å²) in [6.07, 6.45) is 4.62. The van der Waals surface area contributed by atoms with Crippen molar-refractivity contribution in [2.45, 2.75) is 65.8 Å². The van der Waals surface area contributed by atoms with Gasteiger partial charge in [0.25, 0.3) is 0 Å². The van der Waals surface area contributed by atoms with Gasteiger partial charge in [-0.15, -0.1) is 0 Å². The molecular formula is C16H31NO3S. The lowest BCUT2D eigenvalue weighted by molar-refractivity contribution is -0.141. The van der Waals surface area contributed by atoms with E-state index in [0.29, 0.717) is 24.0 Å². The lowest BCUT2D eigenvalue weighted by atomic mass is 10.0. The number of aliphatic carboxylic acids is 1. The van der Waals surface area contributed by atoms with E-state index in [0.717, 1.165) is 25.0 Å². The van der Waals surface area contributed by atoms with Crippen LogP contribution in [-0.4, -0.2) is 34.5 Å². The highest BCUT2D eigenvalue weighted by molar-refractivity contribution is 7.99. The summed E-state index contributed by atoms with van der Waals surface area (Å²) >= 11 is 1.58. The molecule has 0 radical (unpaired) electrons. The van der Waals surface area contributed by atoms with E-state index in [9.17, 15) is 9.59 Å². The molecule has 4 nitrogen and oxygen atoms in total. The smallest absolute Gasteiger partial charge is 0.327 e. The fourth-order valence-electron chi connectivity index (χ4n) is 1.88. The number of amides is 1. The van der Waals surface area contributed by atoms with Crippen molar-refractivity contribution >= 4 is 23.6 Å². The largest absolute Gasteiger partial charge is 0.480 e. The number of carboxylic acid groups (broad SMARTS) is 1. The number of hydrogen-bond donors (Lipinski definition) is 2. The van der Waals surface area contributed by atoms with E-state index >= 15 is 0 Å². The zero-order valence-electron chi connectivity index (χ0n) is 13.9. The van der Waals surface area contributed by atoms with Crippen LogP contribution in [0, 0.1) is 11.8 Å². The van der Waals surface area contributed by atoms with Crippen molar-refractivity contribution in [2.75, 3.05) is 11.5 Å². The first-order chi connectivity index (χ1) is 9.82. The molecule has 2 N–H and O–H groups in total. The molecule has 0 saturated carbocycles. The van der Waals surface area contributed by atoms with Crippen molar-refractivity contribution in [3.05, 3.63) is 0 Å². The van der Waals surface area contributed by atoms with Crippen LogP contribution in [0.3, 0.4) is 0 Å². The fraction of sp³-hybridized carbons (Fsp3) is 0.875. The van der Waals surface area contributed by atoms with Gasteiger partial charge in [-0.25, -0.2) is 4.79 Å². The van der Waals surface area contributed by atoms with Gasteiger partial charge in [0, 0.05) is 12.2 Å². The minimum atomic E-state index is -0.945. The predicted octanol–water partition coefficient (Wildman–Crippen LogP) is 3.55. The van der Waals surface area contributed by atoms with E-state index in [-0.39, 0.29) is 5.91 Å². The van der Waals surface area contributed by atoms with Crippen molar-refractivity contribution in [1.29, 1.82) is 0 Å². The van der Waals surface area contributed by atoms with Crippen LogP contribution in [0.25, 0.3) is 0 Å². The van der Waals surface area contributed by atoms with E-state index in [4.69, 9.17) is 5.11 Å². The van der Waals surface area contributed by atoms with Crippen LogP contribution in [0.5, 0.6) is 0 Å². The zero-order chi connectivity index (χ0) is 16.3. The second kappa shape index (κ2) is 11.9. The standard InChI is InChI=1S/C16H31NO3S/c1-12(2)8-6-5-7-9-15(18)17-14(16(19)20)11-21-10-13(3)4/h12-14H,5-11H2,1-4H3,(H,17,18)(H,19,20)/t14-/m0/s1. The first kappa shape index (κ1) is 20.3. The summed E-state index contributed by atoms with van der Waals surface area (Å²) in [6.45, 7) is 8.58. The first-order valence-corrected chi connectivity index (χ1v) is 9.08. The molecule has 0 aromatic heterocycles. The molecule has 0 aliphatic heterocycles. The Morgan fingerprint density at radius 2 is 1.67 bits per heavy atom. The molecule has 0 fully saturated rings. The normalized spacial score (nSPS) is 12.7. The number of thioether (sulfide) groups is 1. The van der Waals surface area contributed by atoms with Gasteiger partial charge in [-0.05, 0) is 24.0 Å². The Morgan fingerprint density at radius 1 is 1.00 bits per heavy atom. The van der Waals surface area contributed by atoms with Crippen molar-refractivity contribution in [2.24, 2.45) is 11.8 Å². The summed E-state index contributed by atoms with van der Waals surface area (Å²) in [6, 6.07) is -0.767. The van der Waals surface area contributed by atoms with Crippen LogP contribution in [-0.2, 0) is 9.59 Å². The van der Waals surface area contributed by atoms with E-state index in [2.05, 4.69) is 33.0 Å². The summed E-state index contributed by atoms with van der Waals surface area (Å²) in [4.78, 5) is 22.9. The summed E-state index contributed by atoms with van der Waals surface area (Å²) < 4.78 is 0. The molecule has 1 amide bonds. The van der Waals surface area contributed by atoms with E-state index < -0.39 is 12.0 Å². The lowest BCUT2D eigenvalue weighted by Crippen LogP contribution is -2.42. The van der Waals surface area contributed by atoms with Gasteiger partial charge in [0.15, 0.2) is 0 Å². The molecule has 0 unspecified atom stereocenters. The number of carboxylic acids is 1. The maximum Gasteiger partial charge on any atom is 0.327 e. The molecule has 0 heterocycles. The second-order valence-corrected chi connectivity index (χ2v) is 7.46. The quantitative estimate of drug-likeness (QED) is 0.540. The van der Waals surface area contributed by atoms with Crippen molar-refractivity contribution < 1.29 is 14.7 Å². The number of carbonyl (C=O) groups excluding carboxylic acids is 1. The third-order valence-electron chi connectivity index (χ3n) is 3.05. The van der Waals surface area contributed by atoms with E-state index in [1.54, 1.807) is 11.8 Å². The Labute approximate surface area is 133 Å². The van der Waals surface area contributed by atoms with E-state index in [1.165, 1.54) is 6.42 Å². The maximum absolute atomic E-state index is 11.8. The molecule has 21 heavy (non-hydrogen) atoms. The van der Waals surface area contributed by atoms with Gasteiger partial charge >= 0.3 is 5.97 Å². The Balaban J connectivity index is 3.87. The number of unbranched alkanes of at least 4 members (excludes halogenated alkanes) is 2. The van der Waals surface area contributed by atoms with E-state index in [1.807, 2.05) is 0 Å². The number of nitrogens with one attached hydrogen (secondary N) is 1. The minimum Gasteiger partial charge on any atom is -0.480 e. The van der Waals surface area contributed by atoms with Crippen LogP contribution in [0.4, 0.5) is 0 Å².